The van der Waals surface area contributed by atoms with E-state index in [4.69, 9.17) is 0 Å². The van der Waals surface area contributed by atoms with Crippen LogP contribution in [0.15, 0.2) is 36.7 Å². The van der Waals surface area contributed by atoms with E-state index in [0.717, 1.165) is 17.7 Å². The second-order valence-electron chi connectivity index (χ2n) is 5.26. The highest BCUT2D eigenvalue weighted by molar-refractivity contribution is 5.44. The van der Waals surface area contributed by atoms with Gasteiger partial charge in [-0.25, -0.2) is 0 Å². The molecule has 0 bridgehead atoms. The fourth-order valence-electron chi connectivity index (χ4n) is 2.17. The lowest BCUT2D eigenvalue weighted by Gasteiger charge is -2.17. The van der Waals surface area contributed by atoms with Crippen LogP contribution in [0.3, 0.4) is 0 Å². The first-order chi connectivity index (χ1) is 10.0. The van der Waals surface area contributed by atoms with Gasteiger partial charge in [0.2, 0.25) is 0 Å². The van der Waals surface area contributed by atoms with Crippen molar-refractivity contribution in [1.29, 1.82) is 0 Å². The van der Waals surface area contributed by atoms with Crippen LogP contribution in [0.1, 0.15) is 44.8 Å². The molecule has 0 fully saturated rings. The first-order valence-corrected chi connectivity index (χ1v) is 7.06. The molecular formula is C15H20N4O2. The molecule has 0 radical (unpaired) electrons. The van der Waals surface area contributed by atoms with Gasteiger partial charge >= 0.3 is 0 Å². The van der Waals surface area contributed by atoms with E-state index < -0.39 is 0 Å². The Bertz CT molecular complexity index is 622. The summed E-state index contributed by atoms with van der Waals surface area (Å²) >= 11 is 0. The summed E-state index contributed by atoms with van der Waals surface area (Å²) in [5, 5.41) is 18.5. The van der Waals surface area contributed by atoms with E-state index in [0.29, 0.717) is 6.04 Å². The molecule has 0 saturated carbocycles. The highest BCUT2D eigenvalue weighted by Crippen LogP contribution is 2.25. The van der Waals surface area contributed by atoms with Crippen molar-refractivity contribution in [2.75, 3.05) is 5.32 Å². The number of nitro benzene ring substituents is 1. The van der Waals surface area contributed by atoms with Crippen molar-refractivity contribution in [3.63, 3.8) is 0 Å². The summed E-state index contributed by atoms with van der Waals surface area (Å²) in [6.45, 7) is 6.17. The molecule has 0 saturated heterocycles. The van der Waals surface area contributed by atoms with Crippen molar-refractivity contribution < 1.29 is 4.92 Å². The summed E-state index contributed by atoms with van der Waals surface area (Å²) in [7, 11) is 0. The van der Waals surface area contributed by atoms with E-state index in [2.05, 4.69) is 24.3 Å². The van der Waals surface area contributed by atoms with Crippen LogP contribution in [0.4, 0.5) is 11.4 Å². The van der Waals surface area contributed by atoms with Crippen LogP contribution < -0.4 is 5.32 Å². The van der Waals surface area contributed by atoms with Crippen molar-refractivity contribution in [3.05, 3.63) is 52.3 Å². The summed E-state index contributed by atoms with van der Waals surface area (Å²) in [6, 6.07) is 7.07. The molecule has 2 aromatic rings. The number of rotatable bonds is 6. The quantitative estimate of drug-likeness (QED) is 0.645. The van der Waals surface area contributed by atoms with Gasteiger partial charge in [-0.1, -0.05) is 19.1 Å². The lowest BCUT2D eigenvalue weighted by atomic mass is 10.0. The van der Waals surface area contributed by atoms with Gasteiger partial charge in [0.05, 0.1) is 22.8 Å². The monoisotopic (exact) mass is 288 g/mol. The standard InChI is InChI=1S/C15H20N4O2/c1-4-15(12-6-5-7-14(8-12)19(20)21)17-13-9-16-18(10-13)11(2)3/h5-11,15,17H,4H2,1-3H3. The third-order valence-corrected chi connectivity index (χ3v) is 3.36. The maximum Gasteiger partial charge on any atom is 0.269 e. The molecule has 0 aliphatic carbocycles. The normalized spacial score (nSPS) is 12.4. The molecule has 6 nitrogen and oxygen atoms in total. The van der Waals surface area contributed by atoms with Gasteiger partial charge in [-0.3, -0.25) is 14.8 Å². The average molecular weight is 288 g/mol. The van der Waals surface area contributed by atoms with Crippen molar-refractivity contribution in [2.45, 2.75) is 39.3 Å². The summed E-state index contributed by atoms with van der Waals surface area (Å²) in [5.41, 5.74) is 1.94. The molecule has 1 aromatic carbocycles. The lowest BCUT2D eigenvalue weighted by molar-refractivity contribution is -0.384. The third kappa shape index (κ3) is 3.59. The van der Waals surface area contributed by atoms with E-state index in [1.165, 1.54) is 6.07 Å². The number of nitro groups is 1. The predicted octanol–water partition coefficient (Wildman–Crippen LogP) is 3.94. The van der Waals surface area contributed by atoms with Crippen LogP contribution >= 0.6 is 0 Å². The fraction of sp³-hybridized carbons (Fsp3) is 0.400. The van der Waals surface area contributed by atoms with Crippen LogP contribution in [-0.2, 0) is 0 Å². The van der Waals surface area contributed by atoms with E-state index in [1.54, 1.807) is 18.3 Å². The maximum atomic E-state index is 10.9. The number of non-ortho nitro benzene ring substituents is 1. The molecule has 1 aromatic heterocycles. The zero-order chi connectivity index (χ0) is 15.4. The molecule has 112 valence electrons. The number of hydrogen-bond acceptors (Lipinski definition) is 4. The Morgan fingerprint density at radius 2 is 2.19 bits per heavy atom. The maximum absolute atomic E-state index is 10.9. The van der Waals surface area contributed by atoms with Crippen molar-refractivity contribution in [1.82, 2.24) is 9.78 Å². The number of aromatic nitrogens is 2. The lowest BCUT2D eigenvalue weighted by Crippen LogP contribution is -2.09. The molecule has 1 unspecified atom stereocenters. The van der Waals surface area contributed by atoms with Crippen LogP contribution in [-0.4, -0.2) is 14.7 Å². The Morgan fingerprint density at radius 1 is 1.43 bits per heavy atom. The van der Waals surface area contributed by atoms with E-state index in [-0.39, 0.29) is 16.7 Å². The van der Waals surface area contributed by atoms with Crippen molar-refractivity contribution >= 4 is 11.4 Å². The SMILES string of the molecule is CCC(Nc1cnn(C(C)C)c1)c1cccc([N+](=O)[O-])c1. The van der Waals surface area contributed by atoms with Crippen LogP contribution in [0.25, 0.3) is 0 Å². The number of nitrogens with one attached hydrogen (secondary N) is 1. The van der Waals surface area contributed by atoms with Crippen LogP contribution in [0, 0.1) is 10.1 Å². The zero-order valence-electron chi connectivity index (χ0n) is 12.5. The van der Waals surface area contributed by atoms with Gasteiger partial charge in [-0.2, -0.15) is 5.10 Å². The number of nitrogens with zero attached hydrogens (tertiary/aromatic N) is 3. The average Bonchev–Trinajstić information content (AvgIpc) is 2.93. The second kappa shape index (κ2) is 6.39. The van der Waals surface area contributed by atoms with Crippen molar-refractivity contribution in [2.24, 2.45) is 0 Å². The molecule has 0 aliphatic heterocycles. The molecule has 0 aliphatic rings. The first-order valence-electron chi connectivity index (χ1n) is 7.06. The minimum absolute atomic E-state index is 0.0229. The van der Waals surface area contributed by atoms with Crippen molar-refractivity contribution in [3.8, 4) is 0 Å². The zero-order valence-corrected chi connectivity index (χ0v) is 12.5. The molecule has 0 amide bonds. The topological polar surface area (TPSA) is 73.0 Å². The highest BCUT2D eigenvalue weighted by Gasteiger charge is 2.14. The molecule has 0 spiro atoms. The molecule has 21 heavy (non-hydrogen) atoms. The second-order valence-corrected chi connectivity index (χ2v) is 5.26. The van der Waals surface area contributed by atoms with Gasteiger partial charge < -0.3 is 5.32 Å². The number of benzene rings is 1. The van der Waals surface area contributed by atoms with E-state index >= 15 is 0 Å². The fourth-order valence-corrected chi connectivity index (χ4v) is 2.17. The summed E-state index contributed by atoms with van der Waals surface area (Å²) in [6.07, 6.45) is 4.55. The Morgan fingerprint density at radius 3 is 2.76 bits per heavy atom. The minimum atomic E-state index is -0.368. The summed E-state index contributed by atoms with van der Waals surface area (Å²) in [5.74, 6) is 0. The van der Waals surface area contributed by atoms with Gasteiger partial charge in [0.15, 0.2) is 0 Å². The Hall–Kier alpha value is -2.37. The minimum Gasteiger partial charge on any atom is -0.376 e. The molecule has 1 N–H and O–H groups in total. The molecule has 1 heterocycles. The number of anilines is 1. The molecule has 1 atom stereocenters. The molecular weight excluding hydrogens is 268 g/mol. The first kappa shape index (κ1) is 15.0. The van der Waals surface area contributed by atoms with E-state index in [1.807, 2.05) is 23.9 Å². The van der Waals surface area contributed by atoms with Gasteiger partial charge in [0.1, 0.15) is 0 Å². The van der Waals surface area contributed by atoms with Gasteiger partial charge in [-0.05, 0) is 25.8 Å². The third-order valence-electron chi connectivity index (χ3n) is 3.36. The Balaban J connectivity index is 2.19. The van der Waals surface area contributed by atoms with Gasteiger partial charge in [0, 0.05) is 24.4 Å². The van der Waals surface area contributed by atoms with Gasteiger partial charge in [0.25, 0.3) is 5.69 Å². The Kier molecular flexibility index (Phi) is 4.57. The smallest absolute Gasteiger partial charge is 0.269 e. The summed E-state index contributed by atoms with van der Waals surface area (Å²) in [4.78, 5) is 10.5. The highest BCUT2D eigenvalue weighted by atomic mass is 16.6. The molecule has 6 heteroatoms. The van der Waals surface area contributed by atoms with Gasteiger partial charge in [-0.15, -0.1) is 0 Å². The van der Waals surface area contributed by atoms with Crippen LogP contribution in [0.2, 0.25) is 0 Å². The predicted molar refractivity (Wildman–Crippen MR) is 82.4 cm³/mol. The number of hydrogen-bond donors (Lipinski definition) is 1. The van der Waals surface area contributed by atoms with Crippen LogP contribution in [0.5, 0.6) is 0 Å². The largest absolute Gasteiger partial charge is 0.376 e. The Labute approximate surface area is 123 Å². The summed E-state index contributed by atoms with van der Waals surface area (Å²) < 4.78 is 1.88. The van der Waals surface area contributed by atoms with E-state index in [9.17, 15) is 10.1 Å². The molecule has 2 rings (SSSR count).